The van der Waals surface area contributed by atoms with Gasteiger partial charge in [-0.25, -0.2) is 0 Å². The second kappa shape index (κ2) is 5.43. The normalized spacial score (nSPS) is 12.5. The second-order valence-electron chi connectivity index (χ2n) is 3.77. The van der Waals surface area contributed by atoms with Crippen LogP contribution in [0.25, 0.3) is 0 Å². The summed E-state index contributed by atoms with van der Waals surface area (Å²) in [5.41, 5.74) is 0. The highest BCUT2D eigenvalue weighted by atomic mass is 79.9. The summed E-state index contributed by atoms with van der Waals surface area (Å²) in [7, 11) is 0. The van der Waals surface area contributed by atoms with Crippen LogP contribution in [0.4, 0.5) is 0 Å². The van der Waals surface area contributed by atoms with Gasteiger partial charge in [-0.2, -0.15) is 5.26 Å². The Morgan fingerprint density at radius 3 is 2.73 bits per heavy atom. The molecule has 0 aliphatic heterocycles. The first-order valence-electron chi connectivity index (χ1n) is 4.73. The Balaban J connectivity index is 2.84. The smallest absolute Gasteiger partial charge is 0.191 e. The largest absolute Gasteiger partial charge is 0.292 e. The van der Waals surface area contributed by atoms with Crippen molar-refractivity contribution in [1.29, 1.82) is 5.26 Å². The Morgan fingerprint density at radius 2 is 2.33 bits per heavy atom. The highest BCUT2D eigenvalue weighted by molar-refractivity contribution is 9.10. The van der Waals surface area contributed by atoms with Crippen molar-refractivity contribution in [3.63, 3.8) is 0 Å². The zero-order valence-electron chi connectivity index (χ0n) is 8.66. The van der Waals surface area contributed by atoms with Gasteiger partial charge in [-0.15, -0.1) is 11.3 Å². The first kappa shape index (κ1) is 12.4. The molecule has 0 saturated carbocycles. The van der Waals surface area contributed by atoms with Crippen LogP contribution in [0.3, 0.4) is 0 Å². The summed E-state index contributed by atoms with van der Waals surface area (Å²) in [6.07, 6.45) is 0.625. The van der Waals surface area contributed by atoms with Crippen LogP contribution in [-0.4, -0.2) is 5.78 Å². The molecule has 0 aliphatic rings. The van der Waals surface area contributed by atoms with E-state index < -0.39 is 5.92 Å². The van der Waals surface area contributed by atoms with Crippen molar-refractivity contribution in [2.75, 3.05) is 0 Å². The molecular formula is C11H12BrNOS. The average molecular weight is 286 g/mol. The zero-order valence-corrected chi connectivity index (χ0v) is 11.1. The van der Waals surface area contributed by atoms with Crippen LogP contribution in [0, 0.1) is 23.2 Å². The van der Waals surface area contributed by atoms with Gasteiger partial charge < -0.3 is 0 Å². The lowest BCUT2D eigenvalue weighted by atomic mass is 9.94. The quantitative estimate of drug-likeness (QED) is 0.788. The van der Waals surface area contributed by atoms with Gasteiger partial charge in [-0.3, -0.25) is 4.79 Å². The molecule has 4 heteroatoms. The lowest BCUT2D eigenvalue weighted by Crippen LogP contribution is -2.14. The van der Waals surface area contributed by atoms with Crippen LogP contribution in [0.1, 0.15) is 29.9 Å². The van der Waals surface area contributed by atoms with Crippen molar-refractivity contribution < 1.29 is 4.79 Å². The van der Waals surface area contributed by atoms with E-state index in [1.807, 2.05) is 25.3 Å². The molecule has 15 heavy (non-hydrogen) atoms. The number of Topliss-reactive ketones (excluding diaryl/α,β-unsaturated/α-hetero) is 1. The third-order valence-corrected chi connectivity index (χ3v) is 3.87. The molecule has 0 N–H and O–H groups in total. The summed E-state index contributed by atoms with van der Waals surface area (Å²) < 4.78 is 0.793. The summed E-state index contributed by atoms with van der Waals surface area (Å²) >= 11 is 4.69. The molecule has 1 aromatic heterocycles. The topological polar surface area (TPSA) is 40.9 Å². The summed E-state index contributed by atoms with van der Waals surface area (Å²) in [4.78, 5) is 12.6. The number of carbonyl (C=O) groups excluding carboxylic acids is 1. The molecule has 0 fully saturated rings. The molecule has 0 radical (unpaired) electrons. The second-order valence-corrected chi connectivity index (χ2v) is 5.54. The number of hydrogen-bond donors (Lipinski definition) is 0. The van der Waals surface area contributed by atoms with Crippen LogP contribution >= 0.6 is 27.3 Å². The third-order valence-electron chi connectivity index (χ3n) is 2.02. The van der Waals surface area contributed by atoms with Crippen molar-refractivity contribution in [2.24, 2.45) is 11.8 Å². The fourth-order valence-electron chi connectivity index (χ4n) is 1.32. The van der Waals surface area contributed by atoms with Crippen LogP contribution < -0.4 is 0 Å². The van der Waals surface area contributed by atoms with Gasteiger partial charge >= 0.3 is 0 Å². The highest BCUT2D eigenvalue weighted by Crippen LogP contribution is 2.27. The minimum atomic E-state index is -0.514. The maximum Gasteiger partial charge on any atom is 0.191 e. The molecule has 0 aliphatic carbocycles. The summed E-state index contributed by atoms with van der Waals surface area (Å²) in [5, 5.41) is 10.8. The monoisotopic (exact) mass is 285 g/mol. The van der Waals surface area contributed by atoms with Crippen LogP contribution in [0.5, 0.6) is 0 Å². The van der Waals surface area contributed by atoms with Crippen molar-refractivity contribution in [2.45, 2.75) is 20.3 Å². The molecule has 0 aromatic carbocycles. The summed E-state index contributed by atoms with van der Waals surface area (Å²) in [6.45, 7) is 4.03. The van der Waals surface area contributed by atoms with Gasteiger partial charge in [-0.05, 0) is 39.7 Å². The molecule has 0 bridgehead atoms. The molecule has 0 amide bonds. The number of nitriles is 1. The first-order valence-corrected chi connectivity index (χ1v) is 6.40. The lowest BCUT2D eigenvalue weighted by Gasteiger charge is -2.09. The fourth-order valence-corrected chi connectivity index (χ4v) is 2.88. The van der Waals surface area contributed by atoms with Gasteiger partial charge in [0.25, 0.3) is 0 Å². The van der Waals surface area contributed by atoms with Crippen LogP contribution in [0.2, 0.25) is 0 Å². The summed E-state index contributed by atoms with van der Waals surface area (Å²) in [5.74, 6) is -0.217. The molecule has 1 atom stereocenters. The fraction of sp³-hybridized carbons (Fsp3) is 0.455. The Labute approximate surface area is 102 Å². The Morgan fingerprint density at radius 1 is 1.67 bits per heavy atom. The van der Waals surface area contributed by atoms with Crippen molar-refractivity contribution in [3.8, 4) is 6.07 Å². The molecule has 80 valence electrons. The standard InChI is InChI=1S/C11H12BrNOS/c1-7(2)5-8(6-13)10(14)11-9(12)3-4-15-11/h3-4,7-8H,5H2,1-2H3. The van der Waals surface area contributed by atoms with Gasteiger partial charge in [0.2, 0.25) is 0 Å². The molecule has 1 heterocycles. The van der Waals surface area contributed by atoms with E-state index in [9.17, 15) is 4.79 Å². The van der Waals surface area contributed by atoms with E-state index in [2.05, 4.69) is 22.0 Å². The third kappa shape index (κ3) is 3.15. The lowest BCUT2D eigenvalue weighted by molar-refractivity contribution is 0.0940. The highest BCUT2D eigenvalue weighted by Gasteiger charge is 2.23. The van der Waals surface area contributed by atoms with Gasteiger partial charge in [0.15, 0.2) is 5.78 Å². The maximum atomic E-state index is 12.0. The van der Waals surface area contributed by atoms with Crippen LogP contribution in [-0.2, 0) is 0 Å². The Kier molecular flexibility index (Phi) is 4.49. The molecule has 1 rings (SSSR count). The van der Waals surface area contributed by atoms with Gasteiger partial charge in [0, 0.05) is 4.47 Å². The predicted molar refractivity (Wildman–Crippen MR) is 64.9 cm³/mol. The number of hydrogen-bond acceptors (Lipinski definition) is 3. The van der Waals surface area contributed by atoms with E-state index in [0.29, 0.717) is 17.2 Å². The number of thiophene rings is 1. The van der Waals surface area contributed by atoms with E-state index in [0.717, 1.165) is 4.47 Å². The van der Waals surface area contributed by atoms with E-state index in [1.54, 1.807) is 0 Å². The SMILES string of the molecule is CC(C)CC(C#N)C(=O)c1sccc1Br. The Hall–Kier alpha value is -0.660. The Bertz CT molecular complexity index is 392. The minimum Gasteiger partial charge on any atom is -0.292 e. The van der Waals surface area contributed by atoms with Gasteiger partial charge in [-0.1, -0.05) is 13.8 Å². The molecule has 0 saturated heterocycles. The van der Waals surface area contributed by atoms with Crippen molar-refractivity contribution >= 4 is 33.0 Å². The summed E-state index contributed by atoms with van der Waals surface area (Å²) in [6, 6.07) is 3.92. The molecule has 1 unspecified atom stereocenters. The number of ketones is 1. The molecule has 0 spiro atoms. The maximum absolute atomic E-state index is 12.0. The number of carbonyl (C=O) groups is 1. The van der Waals surface area contributed by atoms with Gasteiger partial charge in [0.1, 0.15) is 5.92 Å². The van der Waals surface area contributed by atoms with Crippen LogP contribution in [0.15, 0.2) is 15.9 Å². The number of nitrogens with zero attached hydrogens (tertiary/aromatic N) is 1. The van der Waals surface area contributed by atoms with E-state index in [4.69, 9.17) is 5.26 Å². The van der Waals surface area contributed by atoms with E-state index >= 15 is 0 Å². The number of rotatable bonds is 4. The van der Waals surface area contributed by atoms with Crippen molar-refractivity contribution in [1.82, 2.24) is 0 Å². The molecular weight excluding hydrogens is 274 g/mol. The average Bonchev–Trinajstić information content (AvgIpc) is 2.59. The van der Waals surface area contributed by atoms with E-state index in [1.165, 1.54) is 11.3 Å². The van der Waals surface area contributed by atoms with Gasteiger partial charge in [0.05, 0.1) is 10.9 Å². The minimum absolute atomic E-state index is 0.0620. The zero-order chi connectivity index (χ0) is 11.4. The van der Waals surface area contributed by atoms with Crippen molar-refractivity contribution in [3.05, 3.63) is 20.8 Å². The predicted octanol–water partition coefficient (Wildman–Crippen LogP) is 3.88. The number of halogens is 1. The molecule has 1 aromatic rings. The molecule has 2 nitrogen and oxygen atoms in total. The van der Waals surface area contributed by atoms with E-state index in [-0.39, 0.29) is 5.78 Å². The first-order chi connectivity index (χ1) is 7.06.